The van der Waals surface area contributed by atoms with Gasteiger partial charge < -0.3 is 14.2 Å². The van der Waals surface area contributed by atoms with Gasteiger partial charge in [0.2, 0.25) is 5.82 Å². The molecule has 2 aromatic heterocycles. The van der Waals surface area contributed by atoms with Gasteiger partial charge >= 0.3 is 5.97 Å². The van der Waals surface area contributed by atoms with Crippen LogP contribution in [-0.4, -0.2) is 54.0 Å². The van der Waals surface area contributed by atoms with Crippen LogP contribution in [0.15, 0.2) is 70.3 Å². The number of fused-ring (bicyclic) bond motifs is 1. The average Bonchev–Trinajstić information content (AvgIpc) is 3.58. The Hall–Kier alpha value is -3.98. The molecular formula is C29H32ClN7O2. The molecule has 1 N–H and O–H groups in total. The van der Waals surface area contributed by atoms with Crippen molar-refractivity contribution < 1.29 is 9.53 Å². The molecule has 0 amide bonds. The van der Waals surface area contributed by atoms with E-state index in [2.05, 4.69) is 74.6 Å². The number of halogens is 1. The molecule has 0 aliphatic carbocycles. The number of para-hydroxylation sites is 1. The van der Waals surface area contributed by atoms with Gasteiger partial charge in [-0.2, -0.15) is 5.21 Å². The Morgan fingerprint density at radius 3 is 2.56 bits per heavy atom. The highest BCUT2D eigenvalue weighted by Gasteiger charge is 2.39. The van der Waals surface area contributed by atoms with Crippen LogP contribution in [0.4, 0.5) is 0 Å². The van der Waals surface area contributed by atoms with Gasteiger partial charge in [-0.1, -0.05) is 55.3 Å². The van der Waals surface area contributed by atoms with E-state index in [1.807, 2.05) is 30.9 Å². The number of rotatable bonds is 9. The number of unbranched alkanes of at least 4 members (excludes halogenated alkanes) is 1. The molecule has 1 aliphatic heterocycles. The number of hydrogen-bond donors (Lipinski definition) is 1. The number of aromatic nitrogens is 5. The van der Waals surface area contributed by atoms with Gasteiger partial charge in [0.05, 0.1) is 35.5 Å². The lowest BCUT2D eigenvalue weighted by atomic mass is 9.93. The first-order valence-electron chi connectivity index (χ1n) is 13.2. The van der Waals surface area contributed by atoms with Gasteiger partial charge in [-0.25, -0.2) is 4.79 Å². The average molecular weight is 546 g/mol. The fourth-order valence-corrected chi connectivity index (χ4v) is 5.43. The highest BCUT2D eigenvalue weighted by molar-refractivity contribution is 6.33. The minimum atomic E-state index is -0.770. The van der Waals surface area contributed by atoms with Crippen LogP contribution < -0.4 is 0 Å². The van der Waals surface area contributed by atoms with E-state index in [-0.39, 0.29) is 6.61 Å². The number of esters is 1. The smallest absolute Gasteiger partial charge is 0.339 e. The quantitative estimate of drug-likeness (QED) is 0.204. The van der Waals surface area contributed by atoms with E-state index >= 15 is 0 Å². The van der Waals surface area contributed by atoms with Gasteiger partial charge in [-0.3, -0.25) is 4.99 Å². The maximum absolute atomic E-state index is 12.9. The molecule has 10 heteroatoms. The molecule has 202 valence electrons. The minimum Gasteiger partial charge on any atom is -0.462 e. The van der Waals surface area contributed by atoms with Crippen LogP contribution in [0.2, 0.25) is 0 Å². The number of carbonyl (C=O) groups excluding carboxylic acids is 1. The number of benzene rings is 2. The third kappa shape index (κ3) is 5.18. The lowest BCUT2D eigenvalue weighted by molar-refractivity contribution is -0.139. The van der Waals surface area contributed by atoms with Crippen molar-refractivity contribution in [2.24, 2.45) is 4.99 Å². The summed E-state index contributed by atoms with van der Waals surface area (Å²) in [4.78, 5) is 19.8. The minimum absolute atomic E-state index is 0.274. The first-order valence-corrected chi connectivity index (χ1v) is 13.6. The number of H-pyrrole nitrogens is 1. The van der Waals surface area contributed by atoms with E-state index in [1.54, 1.807) is 6.92 Å². The van der Waals surface area contributed by atoms with Crippen molar-refractivity contribution in [3.63, 3.8) is 0 Å². The molecule has 9 nitrogen and oxygen atoms in total. The zero-order chi connectivity index (χ0) is 27.6. The van der Waals surface area contributed by atoms with Crippen LogP contribution in [0.1, 0.15) is 52.5 Å². The first kappa shape index (κ1) is 26.6. The Kier molecular flexibility index (Phi) is 7.52. The number of hydrogen-bond acceptors (Lipinski definition) is 7. The molecule has 0 radical (unpaired) electrons. The molecule has 0 saturated heterocycles. The highest BCUT2D eigenvalue weighted by atomic mass is 35.5. The van der Waals surface area contributed by atoms with Crippen LogP contribution in [0.3, 0.4) is 0 Å². The Morgan fingerprint density at radius 2 is 1.87 bits per heavy atom. The number of aliphatic imine (C=N–C) groups is 1. The van der Waals surface area contributed by atoms with E-state index in [1.165, 1.54) is 0 Å². The Bertz CT molecular complexity index is 1540. The maximum atomic E-state index is 12.9. The normalized spacial score (nSPS) is 15.1. The lowest BCUT2D eigenvalue weighted by Crippen LogP contribution is -2.42. The molecule has 0 bridgehead atoms. The monoisotopic (exact) mass is 545 g/mol. The number of carbonyl (C=O) groups is 1. The third-order valence-electron chi connectivity index (χ3n) is 6.83. The molecule has 3 heterocycles. The molecule has 5 rings (SSSR count). The molecular weight excluding hydrogens is 514 g/mol. The molecule has 0 saturated carbocycles. The zero-order valence-electron chi connectivity index (χ0n) is 22.6. The number of nitrogens with one attached hydrogen (secondary N) is 1. The van der Waals surface area contributed by atoms with E-state index < -0.39 is 11.5 Å². The Labute approximate surface area is 232 Å². The van der Waals surface area contributed by atoms with Crippen molar-refractivity contribution in [3.05, 3.63) is 70.9 Å². The fraction of sp³-hybridized carbons (Fsp3) is 0.345. The second kappa shape index (κ2) is 11.0. The molecule has 0 spiro atoms. The SMILES string of the molecule is CCCCC1=NC(C)(C)C(C(=O)OCC)=C(Cl)N1Cc1ccc(-n2c(-c3nn[nH]n3)cc3ccccc32)cc1. The topological polar surface area (TPSA) is 101 Å². The van der Waals surface area contributed by atoms with Crippen molar-refractivity contribution in [1.82, 2.24) is 30.1 Å². The molecule has 1 aliphatic rings. The van der Waals surface area contributed by atoms with E-state index in [0.717, 1.165) is 52.9 Å². The van der Waals surface area contributed by atoms with Crippen molar-refractivity contribution in [1.29, 1.82) is 0 Å². The number of aromatic amines is 1. The summed E-state index contributed by atoms with van der Waals surface area (Å²) in [6.45, 7) is 8.49. The molecule has 4 aromatic rings. The summed E-state index contributed by atoms with van der Waals surface area (Å²) in [6, 6.07) is 18.5. The van der Waals surface area contributed by atoms with Crippen LogP contribution >= 0.6 is 11.6 Å². The number of tetrazole rings is 1. The highest BCUT2D eigenvalue weighted by Crippen LogP contribution is 2.36. The predicted molar refractivity (Wildman–Crippen MR) is 153 cm³/mol. The lowest BCUT2D eigenvalue weighted by Gasteiger charge is -2.37. The number of nitrogens with zero attached hydrogens (tertiary/aromatic N) is 6. The van der Waals surface area contributed by atoms with Crippen molar-refractivity contribution in [2.75, 3.05) is 6.61 Å². The summed E-state index contributed by atoms with van der Waals surface area (Å²) < 4.78 is 7.46. The summed E-state index contributed by atoms with van der Waals surface area (Å²) in [5, 5.41) is 16.2. The van der Waals surface area contributed by atoms with Crippen LogP contribution in [-0.2, 0) is 16.1 Å². The second-order valence-corrected chi connectivity index (χ2v) is 10.3. The summed E-state index contributed by atoms with van der Waals surface area (Å²) in [5.41, 5.74) is 3.49. The van der Waals surface area contributed by atoms with E-state index in [0.29, 0.717) is 23.1 Å². The van der Waals surface area contributed by atoms with Gasteiger partial charge in [-0.05, 0) is 62.2 Å². The molecule has 0 unspecified atom stereocenters. The van der Waals surface area contributed by atoms with Gasteiger partial charge in [0.15, 0.2) is 0 Å². The molecule has 2 aromatic carbocycles. The molecule has 0 atom stereocenters. The standard InChI is InChI=1S/C29H32ClN7O2/c1-5-7-12-24-31-29(3,4)25(28(38)39-6-2)26(30)36(24)18-19-13-15-21(16-14-19)37-22-11-9-8-10-20(22)17-23(37)27-32-34-35-33-27/h8-11,13-17H,5-7,12,18H2,1-4H3,(H,32,33,34,35). The third-order valence-corrected chi connectivity index (χ3v) is 7.22. The van der Waals surface area contributed by atoms with Crippen molar-refractivity contribution in [2.45, 2.75) is 59.0 Å². The maximum Gasteiger partial charge on any atom is 0.339 e. The number of ether oxygens (including phenoxy) is 1. The zero-order valence-corrected chi connectivity index (χ0v) is 23.4. The van der Waals surface area contributed by atoms with Gasteiger partial charge in [-0.15, -0.1) is 10.2 Å². The van der Waals surface area contributed by atoms with Gasteiger partial charge in [0, 0.05) is 17.5 Å². The van der Waals surface area contributed by atoms with Crippen molar-refractivity contribution >= 4 is 34.3 Å². The van der Waals surface area contributed by atoms with Gasteiger partial charge in [0.1, 0.15) is 11.0 Å². The summed E-state index contributed by atoms with van der Waals surface area (Å²) >= 11 is 6.94. The summed E-state index contributed by atoms with van der Waals surface area (Å²) in [5.74, 6) is 0.964. The van der Waals surface area contributed by atoms with Gasteiger partial charge in [0.25, 0.3) is 0 Å². The van der Waals surface area contributed by atoms with Crippen LogP contribution in [0.5, 0.6) is 0 Å². The molecule has 0 fully saturated rings. The summed E-state index contributed by atoms with van der Waals surface area (Å²) in [7, 11) is 0. The first-order chi connectivity index (χ1) is 18.8. The number of amidine groups is 1. The summed E-state index contributed by atoms with van der Waals surface area (Å²) in [6.07, 6.45) is 2.78. The second-order valence-electron chi connectivity index (χ2n) is 9.99. The van der Waals surface area contributed by atoms with Crippen LogP contribution in [0.25, 0.3) is 28.1 Å². The van der Waals surface area contributed by atoms with Crippen LogP contribution in [0, 0.1) is 0 Å². The fourth-order valence-electron chi connectivity index (χ4n) is 4.96. The Morgan fingerprint density at radius 1 is 1.10 bits per heavy atom. The largest absolute Gasteiger partial charge is 0.462 e. The van der Waals surface area contributed by atoms with E-state index in [9.17, 15) is 4.79 Å². The van der Waals surface area contributed by atoms with Crippen molar-refractivity contribution in [3.8, 4) is 17.2 Å². The Balaban J connectivity index is 1.50. The molecule has 39 heavy (non-hydrogen) atoms. The van der Waals surface area contributed by atoms with E-state index in [4.69, 9.17) is 21.3 Å². The predicted octanol–water partition coefficient (Wildman–Crippen LogP) is 6.01.